The Morgan fingerprint density at radius 2 is 1.82 bits per heavy atom. The molecule has 1 nitrogen and oxygen atoms in total. The molecule has 0 fully saturated rings. The Bertz CT molecular complexity index is 120. The summed E-state index contributed by atoms with van der Waals surface area (Å²) in [5.41, 5.74) is 0.000710. The molecule has 0 aliphatic carbocycles. The van der Waals surface area contributed by atoms with E-state index in [0.29, 0.717) is 0 Å². The van der Waals surface area contributed by atoms with Crippen molar-refractivity contribution < 1.29 is 0 Å². The molecule has 0 spiro atoms. The quantitative estimate of drug-likeness (QED) is 0.715. The molecule has 0 aliphatic heterocycles. The van der Waals surface area contributed by atoms with Crippen LogP contribution in [0.5, 0.6) is 0 Å². The van der Waals surface area contributed by atoms with Gasteiger partial charge in [-0.05, 0) is 50.3 Å². The lowest BCUT2D eigenvalue weighted by Crippen LogP contribution is -2.33. The minimum Gasteiger partial charge on any atom is -0.228 e. The van der Waals surface area contributed by atoms with E-state index in [9.17, 15) is 0 Å². The van der Waals surface area contributed by atoms with Gasteiger partial charge >= 0.3 is 0 Å². The van der Waals surface area contributed by atoms with Crippen LogP contribution in [0.1, 0.15) is 20.3 Å². The molecule has 0 radical (unpaired) electrons. The van der Waals surface area contributed by atoms with Crippen molar-refractivity contribution in [2.45, 2.75) is 25.8 Å². The van der Waals surface area contributed by atoms with Gasteiger partial charge in [-0.15, -0.1) is 0 Å². The summed E-state index contributed by atoms with van der Waals surface area (Å²) < 4.78 is 0. The van der Waals surface area contributed by atoms with Crippen molar-refractivity contribution in [1.82, 2.24) is 4.84 Å². The average molecular weight is 218 g/mol. The van der Waals surface area contributed by atoms with E-state index in [0.717, 1.165) is 12.2 Å². The van der Waals surface area contributed by atoms with Crippen LogP contribution in [-0.4, -0.2) is 23.8 Å². The minimum atomic E-state index is -0.894. The van der Waals surface area contributed by atoms with Gasteiger partial charge in [0.2, 0.25) is 0 Å². The molecule has 0 atom stereocenters. The predicted octanol–water partition coefficient (Wildman–Crippen LogP) is 3.12. The van der Waals surface area contributed by atoms with E-state index >= 15 is 0 Å². The summed E-state index contributed by atoms with van der Waals surface area (Å²) in [5.74, 6) is 1.04. The fourth-order valence-electron chi connectivity index (χ4n) is 0.545. The second-order valence-corrected chi connectivity index (χ2v) is 9.75. The second-order valence-electron chi connectivity index (χ2n) is 3.84. The Kier molecular flexibility index (Phi) is 4.56. The van der Waals surface area contributed by atoms with Crippen LogP contribution in [0.2, 0.25) is 0 Å². The molecule has 11 heavy (non-hydrogen) atoms. The van der Waals surface area contributed by atoms with Crippen LogP contribution in [0.4, 0.5) is 0 Å². The minimum absolute atomic E-state index is 0.000710. The maximum atomic E-state index is 6.11. The van der Waals surface area contributed by atoms with Crippen molar-refractivity contribution in [3.8, 4) is 0 Å². The Morgan fingerprint density at radius 1 is 1.36 bits per heavy atom. The van der Waals surface area contributed by atoms with Crippen molar-refractivity contribution in [3.63, 3.8) is 0 Å². The number of nitrogens with one attached hydrogen (secondary N) is 1. The molecule has 70 valence electrons. The Morgan fingerprint density at radius 3 is 2.09 bits per heavy atom. The van der Waals surface area contributed by atoms with E-state index < -0.39 is 9.24 Å². The summed E-state index contributed by atoms with van der Waals surface area (Å²) in [5, 5.41) is 0. The largest absolute Gasteiger partial charge is 0.228 e. The molecule has 0 aliphatic rings. The molecule has 0 amide bonds. The molecule has 4 heteroatoms. The first-order valence-electron chi connectivity index (χ1n) is 3.55. The number of halogens is 2. The van der Waals surface area contributed by atoms with Gasteiger partial charge in [-0.1, -0.05) is 10.7 Å². The first-order valence-corrected chi connectivity index (χ1v) is 7.37. The summed E-state index contributed by atoms with van der Waals surface area (Å²) in [7, 11) is 5.21. The van der Waals surface area contributed by atoms with Crippen LogP contribution >= 0.6 is 31.7 Å². The van der Waals surface area contributed by atoms with Crippen LogP contribution in [0.15, 0.2) is 0 Å². The van der Waals surface area contributed by atoms with Crippen molar-refractivity contribution in [2.24, 2.45) is 0 Å². The summed E-state index contributed by atoms with van der Waals surface area (Å²) in [6.45, 7) is 4.14. The molecule has 0 unspecified atom stereocenters. The Balaban J connectivity index is 3.70. The molecule has 0 saturated heterocycles. The summed E-state index contributed by atoms with van der Waals surface area (Å²) in [4.78, 5) is 2.74. The predicted molar refractivity (Wildman–Crippen MR) is 57.8 cm³/mol. The Labute approximate surface area is 80.8 Å². The van der Waals surface area contributed by atoms with E-state index in [1.807, 2.05) is 0 Å². The molecule has 0 rings (SSSR count). The fourth-order valence-corrected chi connectivity index (χ4v) is 1.87. The molecular formula is C7H17Cl2NS. The molecule has 0 saturated carbocycles. The molecular weight excluding hydrogens is 201 g/mol. The van der Waals surface area contributed by atoms with Gasteiger partial charge in [0.15, 0.2) is 0 Å². The van der Waals surface area contributed by atoms with E-state index in [4.69, 9.17) is 22.5 Å². The third kappa shape index (κ3) is 7.26. The van der Waals surface area contributed by atoms with E-state index in [-0.39, 0.29) is 5.54 Å². The van der Waals surface area contributed by atoms with E-state index in [1.165, 1.54) is 0 Å². The summed E-state index contributed by atoms with van der Waals surface area (Å²) in [6, 6.07) is 0. The first kappa shape index (κ1) is 11.9. The number of hydrogen-bond donors (Lipinski definition) is 1. The zero-order valence-corrected chi connectivity index (χ0v) is 9.91. The van der Waals surface area contributed by atoms with Gasteiger partial charge < -0.3 is 0 Å². The average Bonchev–Trinajstić information content (AvgIpc) is 1.83. The van der Waals surface area contributed by atoms with Gasteiger partial charge in [-0.3, -0.25) is 0 Å². The highest BCUT2D eigenvalue weighted by atomic mass is 35.7. The lowest BCUT2D eigenvalue weighted by molar-refractivity contribution is 0.462. The third-order valence-corrected chi connectivity index (χ3v) is 3.62. The molecule has 0 aromatic carbocycles. The maximum Gasteiger partial charge on any atom is 0.0283 e. The van der Waals surface area contributed by atoms with Gasteiger partial charge in [-0.25, -0.2) is 4.84 Å². The Hall–Kier alpha value is 0.890. The zero-order valence-electron chi connectivity index (χ0n) is 7.58. The van der Waals surface area contributed by atoms with Crippen molar-refractivity contribution >= 4 is 31.7 Å². The number of hydrogen-bond acceptors (Lipinski definition) is 1. The van der Waals surface area contributed by atoms with Crippen LogP contribution in [0, 0.1) is 0 Å². The van der Waals surface area contributed by atoms with Gasteiger partial charge in [0, 0.05) is 5.54 Å². The third-order valence-electron chi connectivity index (χ3n) is 1.47. The van der Waals surface area contributed by atoms with E-state index in [2.05, 4.69) is 31.2 Å². The van der Waals surface area contributed by atoms with Crippen molar-refractivity contribution in [3.05, 3.63) is 0 Å². The second kappa shape index (κ2) is 4.22. The normalized spacial score (nSPS) is 15.1. The lowest BCUT2D eigenvalue weighted by Gasteiger charge is -2.28. The maximum absolute atomic E-state index is 6.11. The standard InChI is InChI=1S/C7H17Cl2NS/c1-7(2,10-8)5-6-11(3,4)9/h10H,5-6H2,1-4H3. The van der Waals surface area contributed by atoms with Gasteiger partial charge in [0.25, 0.3) is 0 Å². The summed E-state index contributed by atoms with van der Waals surface area (Å²) >= 11 is 5.54. The lowest BCUT2D eigenvalue weighted by atomic mass is 10.0. The first-order chi connectivity index (χ1) is 4.77. The number of rotatable bonds is 4. The van der Waals surface area contributed by atoms with Gasteiger partial charge in [0.05, 0.1) is 0 Å². The molecule has 1 N–H and O–H groups in total. The van der Waals surface area contributed by atoms with Crippen LogP contribution in [-0.2, 0) is 0 Å². The monoisotopic (exact) mass is 217 g/mol. The van der Waals surface area contributed by atoms with Crippen LogP contribution in [0.25, 0.3) is 0 Å². The summed E-state index contributed by atoms with van der Waals surface area (Å²) in [6.07, 6.45) is 5.21. The van der Waals surface area contributed by atoms with Crippen molar-refractivity contribution in [1.29, 1.82) is 0 Å². The highest BCUT2D eigenvalue weighted by Crippen LogP contribution is 2.46. The van der Waals surface area contributed by atoms with Crippen molar-refractivity contribution in [2.75, 3.05) is 18.3 Å². The molecule has 0 aromatic rings. The topological polar surface area (TPSA) is 12.0 Å². The van der Waals surface area contributed by atoms with Gasteiger partial charge in [0.1, 0.15) is 0 Å². The van der Waals surface area contributed by atoms with Crippen LogP contribution in [0.3, 0.4) is 0 Å². The zero-order chi connectivity index (χ0) is 9.12. The highest BCUT2D eigenvalue weighted by Gasteiger charge is 2.18. The van der Waals surface area contributed by atoms with E-state index in [1.54, 1.807) is 0 Å². The highest BCUT2D eigenvalue weighted by molar-refractivity contribution is 8.50. The smallest absolute Gasteiger partial charge is 0.0283 e. The van der Waals surface area contributed by atoms with Crippen LogP contribution < -0.4 is 4.84 Å². The fraction of sp³-hybridized carbons (Fsp3) is 1.00. The SMILES string of the molecule is CC(C)(CCS(C)(C)Cl)NCl. The molecule has 0 heterocycles. The van der Waals surface area contributed by atoms with Gasteiger partial charge in [-0.2, -0.15) is 9.24 Å². The molecule has 0 aromatic heterocycles. The molecule has 0 bridgehead atoms.